The normalized spacial score (nSPS) is 10.6. The third-order valence-electron chi connectivity index (χ3n) is 1.98. The van der Waals surface area contributed by atoms with Crippen molar-refractivity contribution in [3.05, 3.63) is 29.8 Å². The Kier molecular flexibility index (Phi) is 7.80. The summed E-state index contributed by atoms with van der Waals surface area (Å²) in [5.41, 5.74) is 3.74. The zero-order valence-electron chi connectivity index (χ0n) is 10.1. The van der Waals surface area contributed by atoms with E-state index in [0.717, 1.165) is 17.7 Å². The van der Waals surface area contributed by atoms with Crippen molar-refractivity contribution < 1.29 is 4.74 Å². The van der Waals surface area contributed by atoms with Gasteiger partial charge in [0.15, 0.2) is 4.32 Å². The maximum Gasteiger partial charge on any atom is 0.153 e. The van der Waals surface area contributed by atoms with E-state index in [0.29, 0.717) is 16.8 Å². The number of thioether (sulfide) groups is 1. The zero-order chi connectivity index (χ0) is 13.2. The van der Waals surface area contributed by atoms with Gasteiger partial charge in [0.25, 0.3) is 0 Å². The summed E-state index contributed by atoms with van der Waals surface area (Å²) >= 11 is 12.0. The highest BCUT2D eigenvalue weighted by molar-refractivity contribution is 8.22. The van der Waals surface area contributed by atoms with E-state index in [1.54, 1.807) is 6.21 Å². The molecule has 1 N–H and O–H groups in total. The second kappa shape index (κ2) is 9.19. The molecule has 3 nitrogen and oxygen atoms in total. The highest BCUT2D eigenvalue weighted by Gasteiger charge is 1.94. The van der Waals surface area contributed by atoms with Crippen LogP contribution in [-0.2, 0) is 0 Å². The monoisotopic (exact) mass is 302 g/mol. The van der Waals surface area contributed by atoms with Crippen LogP contribution < -0.4 is 10.2 Å². The largest absolute Gasteiger partial charge is 0.494 e. The van der Waals surface area contributed by atoms with Gasteiger partial charge in [0.05, 0.1) is 12.8 Å². The van der Waals surface area contributed by atoms with Crippen LogP contribution in [0.25, 0.3) is 0 Å². The van der Waals surface area contributed by atoms with Gasteiger partial charge < -0.3 is 4.74 Å². The van der Waals surface area contributed by atoms with Gasteiger partial charge in [0, 0.05) is 5.88 Å². The summed E-state index contributed by atoms with van der Waals surface area (Å²) < 4.78 is 6.14. The first-order valence-corrected chi connectivity index (χ1v) is 7.59. The minimum Gasteiger partial charge on any atom is -0.494 e. The number of hydrogen-bond acceptors (Lipinski definition) is 4. The Balaban J connectivity index is 2.42. The van der Waals surface area contributed by atoms with Crippen molar-refractivity contribution in [2.45, 2.75) is 6.42 Å². The van der Waals surface area contributed by atoms with Gasteiger partial charge in [-0.25, -0.2) is 0 Å². The van der Waals surface area contributed by atoms with Gasteiger partial charge in [-0.3, -0.25) is 5.43 Å². The summed E-state index contributed by atoms with van der Waals surface area (Å²) in [7, 11) is 0. The molecule has 0 heterocycles. The second-order valence-corrected chi connectivity index (χ2v) is 5.18. The fourth-order valence-electron chi connectivity index (χ4n) is 1.10. The van der Waals surface area contributed by atoms with Crippen LogP contribution in [0, 0.1) is 0 Å². The Morgan fingerprint density at radius 1 is 1.50 bits per heavy atom. The van der Waals surface area contributed by atoms with Crippen molar-refractivity contribution in [3.63, 3.8) is 0 Å². The lowest BCUT2D eigenvalue weighted by molar-refractivity contribution is 0.318. The number of benzene rings is 1. The van der Waals surface area contributed by atoms with E-state index in [4.69, 9.17) is 28.6 Å². The molecule has 0 atom stereocenters. The maximum atomic E-state index is 5.57. The van der Waals surface area contributed by atoms with Crippen LogP contribution in [0.15, 0.2) is 29.4 Å². The molecule has 18 heavy (non-hydrogen) atoms. The lowest BCUT2D eigenvalue weighted by atomic mass is 10.2. The Bertz CT molecular complexity index is 396. The summed E-state index contributed by atoms with van der Waals surface area (Å²) in [6.45, 7) is 0.639. The fraction of sp³-hybridized carbons (Fsp3) is 0.333. The fourth-order valence-corrected chi connectivity index (χ4v) is 1.41. The summed E-state index contributed by atoms with van der Waals surface area (Å²) in [4.78, 5) is 0. The SMILES string of the molecule is CSC(=S)N/N=C/c1ccc(OCCCCl)cc1. The Morgan fingerprint density at radius 3 is 2.83 bits per heavy atom. The predicted molar refractivity (Wildman–Crippen MR) is 84.1 cm³/mol. The lowest BCUT2D eigenvalue weighted by Crippen LogP contribution is -2.10. The van der Waals surface area contributed by atoms with Crippen LogP contribution in [0.3, 0.4) is 0 Å². The van der Waals surface area contributed by atoms with Crippen molar-refractivity contribution >= 4 is 46.1 Å². The van der Waals surface area contributed by atoms with Gasteiger partial charge in [-0.15, -0.1) is 11.6 Å². The van der Waals surface area contributed by atoms with E-state index in [9.17, 15) is 0 Å². The minimum atomic E-state index is 0.617. The quantitative estimate of drug-likeness (QED) is 0.287. The number of nitrogens with zero attached hydrogens (tertiary/aromatic N) is 1. The molecule has 0 aliphatic carbocycles. The number of ether oxygens (including phenoxy) is 1. The molecule has 0 unspecified atom stereocenters. The molecule has 1 aromatic rings. The van der Waals surface area contributed by atoms with Crippen LogP contribution in [-0.4, -0.2) is 29.3 Å². The van der Waals surface area contributed by atoms with Gasteiger partial charge in [-0.05, 0) is 42.5 Å². The van der Waals surface area contributed by atoms with E-state index in [2.05, 4.69) is 10.5 Å². The van der Waals surface area contributed by atoms with Gasteiger partial charge in [0.1, 0.15) is 5.75 Å². The first-order valence-electron chi connectivity index (χ1n) is 5.42. The molecule has 0 aliphatic rings. The van der Waals surface area contributed by atoms with Crippen LogP contribution in [0.5, 0.6) is 5.75 Å². The number of hydrogen-bond donors (Lipinski definition) is 1. The standard InChI is InChI=1S/C12H15ClN2OS2/c1-18-12(17)15-14-9-10-3-5-11(6-4-10)16-8-2-7-13/h3-6,9H,2,7-8H2,1H3,(H,15,17)/b14-9+. The maximum absolute atomic E-state index is 5.57. The molecule has 1 aromatic carbocycles. The van der Waals surface area contributed by atoms with E-state index in [-0.39, 0.29) is 0 Å². The van der Waals surface area contributed by atoms with Gasteiger partial charge in [-0.1, -0.05) is 24.0 Å². The highest BCUT2D eigenvalue weighted by atomic mass is 35.5. The lowest BCUT2D eigenvalue weighted by Gasteiger charge is -2.04. The molecule has 0 saturated carbocycles. The molecule has 98 valence electrons. The third-order valence-corrected chi connectivity index (χ3v) is 3.30. The number of halogens is 1. The van der Waals surface area contributed by atoms with Gasteiger partial charge in [0.2, 0.25) is 0 Å². The third kappa shape index (κ3) is 6.23. The van der Waals surface area contributed by atoms with Crippen LogP contribution in [0.4, 0.5) is 0 Å². The molecule has 6 heteroatoms. The van der Waals surface area contributed by atoms with E-state index < -0.39 is 0 Å². The topological polar surface area (TPSA) is 33.6 Å². The van der Waals surface area contributed by atoms with E-state index in [1.165, 1.54) is 11.8 Å². The number of nitrogens with one attached hydrogen (secondary N) is 1. The first-order chi connectivity index (χ1) is 8.76. The van der Waals surface area contributed by atoms with Crippen molar-refractivity contribution in [1.29, 1.82) is 0 Å². The molecule has 0 amide bonds. The molecule has 0 fully saturated rings. The Hall–Kier alpha value is -0.780. The summed E-state index contributed by atoms with van der Waals surface area (Å²) in [6, 6.07) is 7.68. The molecule has 1 rings (SSSR count). The Morgan fingerprint density at radius 2 is 2.22 bits per heavy atom. The molecule has 0 aliphatic heterocycles. The average molecular weight is 303 g/mol. The van der Waals surface area contributed by atoms with E-state index in [1.807, 2.05) is 30.5 Å². The molecular weight excluding hydrogens is 288 g/mol. The summed E-state index contributed by atoms with van der Waals surface area (Å²) in [6.07, 6.45) is 4.46. The molecule has 0 spiro atoms. The second-order valence-electron chi connectivity index (χ2n) is 3.32. The molecular formula is C12H15ClN2OS2. The van der Waals surface area contributed by atoms with Crippen molar-refractivity contribution in [2.75, 3.05) is 18.7 Å². The predicted octanol–water partition coefficient (Wildman–Crippen LogP) is 3.27. The van der Waals surface area contributed by atoms with Gasteiger partial charge in [-0.2, -0.15) is 5.10 Å². The first kappa shape index (κ1) is 15.3. The smallest absolute Gasteiger partial charge is 0.153 e. The minimum absolute atomic E-state index is 0.617. The average Bonchev–Trinajstić information content (AvgIpc) is 2.40. The van der Waals surface area contributed by atoms with Crippen molar-refractivity contribution in [3.8, 4) is 5.75 Å². The molecule has 0 saturated heterocycles. The van der Waals surface area contributed by atoms with Crippen LogP contribution >= 0.6 is 35.6 Å². The number of rotatable bonds is 6. The number of thiocarbonyl (C=S) groups is 1. The molecule has 0 bridgehead atoms. The van der Waals surface area contributed by atoms with Crippen molar-refractivity contribution in [1.82, 2.24) is 5.43 Å². The zero-order valence-corrected chi connectivity index (χ0v) is 12.4. The number of hydrazone groups is 1. The molecule has 0 radical (unpaired) electrons. The van der Waals surface area contributed by atoms with Gasteiger partial charge >= 0.3 is 0 Å². The van der Waals surface area contributed by atoms with Crippen molar-refractivity contribution in [2.24, 2.45) is 5.10 Å². The van der Waals surface area contributed by atoms with E-state index >= 15 is 0 Å². The highest BCUT2D eigenvalue weighted by Crippen LogP contribution is 2.11. The summed E-state index contributed by atoms with van der Waals surface area (Å²) in [5.74, 6) is 1.45. The van der Waals surface area contributed by atoms with Crippen LogP contribution in [0.2, 0.25) is 0 Å². The summed E-state index contributed by atoms with van der Waals surface area (Å²) in [5, 5.41) is 4.02. The number of alkyl halides is 1. The van der Waals surface area contributed by atoms with Crippen LogP contribution in [0.1, 0.15) is 12.0 Å². The molecule has 0 aromatic heterocycles. The Labute approximate surface area is 122 Å².